The SMILES string of the molecule is CCCCCCCCC/C=C/C(O)C(COP(=O)([O-])OCC[N+](C)(C)C)NC(=O)CC. The highest BCUT2D eigenvalue weighted by Crippen LogP contribution is 2.38. The van der Waals surface area contributed by atoms with Gasteiger partial charge < -0.3 is 28.8 Å². The van der Waals surface area contributed by atoms with Gasteiger partial charge in [0.2, 0.25) is 5.91 Å². The predicted octanol–water partition coefficient (Wildman–Crippen LogP) is 3.15. The van der Waals surface area contributed by atoms with Crippen molar-refractivity contribution in [3.8, 4) is 0 Å². The minimum atomic E-state index is -4.52. The van der Waals surface area contributed by atoms with Crippen molar-refractivity contribution in [3.05, 3.63) is 12.2 Å². The van der Waals surface area contributed by atoms with Gasteiger partial charge >= 0.3 is 0 Å². The van der Waals surface area contributed by atoms with Gasteiger partial charge in [-0.3, -0.25) is 9.36 Å². The first-order chi connectivity index (χ1) is 14.5. The fourth-order valence-electron chi connectivity index (χ4n) is 2.76. The van der Waals surface area contributed by atoms with Crippen LogP contribution in [0.4, 0.5) is 0 Å². The second kappa shape index (κ2) is 16.8. The van der Waals surface area contributed by atoms with Crippen LogP contribution in [0.25, 0.3) is 0 Å². The molecule has 0 radical (unpaired) electrons. The Kier molecular flexibility index (Phi) is 16.4. The van der Waals surface area contributed by atoms with Crippen LogP contribution < -0.4 is 10.2 Å². The van der Waals surface area contributed by atoms with Crippen LogP contribution in [0, 0.1) is 0 Å². The lowest BCUT2D eigenvalue weighted by atomic mass is 10.1. The largest absolute Gasteiger partial charge is 0.756 e. The van der Waals surface area contributed by atoms with Crippen molar-refractivity contribution >= 4 is 13.7 Å². The van der Waals surface area contributed by atoms with E-state index in [1.165, 1.54) is 32.1 Å². The van der Waals surface area contributed by atoms with Crippen molar-refractivity contribution in [1.29, 1.82) is 0 Å². The van der Waals surface area contributed by atoms with Crippen LogP contribution in [0.15, 0.2) is 12.2 Å². The highest BCUT2D eigenvalue weighted by atomic mass is 31.2. The molecule has 0 spiro atoms. The number of quaternary nitrogens is 1. The third-order valence-corrected chi connectivity index (χ3v) is 5.78. The lowest BCUT2D eigenvalue weighted by molar-refractivity contribution is -0.870. The standard InChI is InChI=1S/C22H45N2O6P/c1-6-8-9-10-11-12-13-14-15-16-21(25)20(23-22(26)7-2)19-30-31(27,28)29-18-17-24(3,4)5/h15-16,20-21,25H,6-14,17-19H2,1-5H3,(H-,23,26,27,28)/b16-15+. The monoisotopic (exact) mass is 464 g/mol. The molecule has 0 saturated heterocycles. The van der Waals surface area contributed by atoms with Gasteiger partial charge in [0.25, 0.3) is 7.82 Å². The molecule has 0 aromatic carbocycles. The van der Waals surface area contributed by atoms with Crippen LogP contribution in [-0.2, 0) is 18.4 Å². The number of phosphoric acid groups is 1. The van der Waals surface area contributed by atoms with E-state index < -0.39 is 20.0 Å². The summed E-state index contributed by atoms with van der Waals surface area (Å²) in [5, 5.41) is 13.0. The van der Waals surface area contributed by atoms with Crippen LogP contribution in [0.1, 0.15) is 71.6 Å². The number of hydrogen-bond acceptors (Lipinski definition) is 6. The molecule has 1 amide bonds. The summed E-state index contributed by atoms with van der Waals surface area (Å²) in [4.78, 5) is 23.8. The van der Waals surface area contributed by atoms with Gasteiger partial charge in [-0.2, -0.15) is 0 Å². The molecule has 0 aliphatic carbocycles. The molecule has 0 aromatic rings. The Labute approximate surface area is 189 Å². The normalized spacial score (nSPS) is 16.2. The molecule has 0 heterocycles. The molecule has 0 rings (SSSR count). The van der Waals surface area contributed by atoms with Gasteiger partial charge in [0.15, 0.2) is 0 Å². The van der Waals surface area contributed by atoms with E-state index in [1.54, 1.807) is 13.0 Å². The van der Waals surface area contributed by atoms with Crippen LogP contribution in [0.5, 0.6) is 0 Å². The summed E-state index contributed by atoms with van der Waals surface area (Å²) in [6.45, 7) is 3.99. The number of carbonyl (C=O) groups is 1. The molecule has 0 aromatic heterocycles. The number of carbonyl (C=O) groups excluding carboxylic acids is 1. The summed E-state index contributed by atoms with van der Waals surface area (Å²) in [6.07, 6.45) is 11.9. The van der Waals surface area contributed by atoms with E-state index in [1.807, 2.05) is 27.2 Å². The summed E-state index contributed by atoms with van der Waals surface area (Å²) in [7, 11) is 1.24. The molecule has 8 nitrogen and oxygen atoms in total. The molecule has 0 bridgehead atoms. The number of rotatable bonds is 19. The van der Waals surface area contributed by atoms with Crippen LogP contribution in [0.3, 0.4) is 0 Å². The first-order valence-corrected chi connectivity index (χ1v) is 13.0. The molecular weight excluding hydrogens is 419 g/mol. The Hall–Kier alpha value is -0.760. The number of amides is 1. The number of nitrogens with one attached hydrogen (secondary N) is 1. The maximum Gasteiger partial charge on any atom is 0.268 e. The lowest BCUT2D eigenvalue weighted by Gasteiger charge is -2.29. The number of allylic oxidation sites excluding steroid dienone is 1. The van der Waals surface area contributed by atoms with E-state index in [2.05, 4.69) is 12.2 Å². The number of phosphoric ester groups is 1. The molecular formula is C22H45N2O6P. The minimum absolute atomic E-state index is 0.00281. The molecule has 9 heteroatoms. The zero-order valence-electron chi connectivity index (χ0n) is 20.2. The summed E-state index contributed by atoms with van der Waals surface area (Å²) in [5.41, 5.74) is 0. The van der Waals surface area contributed by atoms with E-state index >= 15 is 0 Å². The Morgan fingerprint density at radius 1 is 1.10 bits per heavy atom. The van der Waals surface area contributed by atoms with Crippen LogP contribution in [0.2, 0.25) is 0 Å². The van der Waals surface area contributed by atoms with Crippen molar-refractivity contribution in [2.75, 3.05) is 40.9 Å². The second-order valence-electron chi connectivity index (χ2n) is 8.95. The number of likely N-dealkylation sites (N-methyl/N-ethyl adjacent to an activating group) is 1. The van der Waals surface area contributed by atoms with Gasteiger partial charge in [-0.05, 0) is 12.8 Å². The second-order valence-corrected chi connectivity index (χ2v) is 10.4. The number of hydrogen-bond donors (Lipinski definition) is 2. The minimum Gasteiger partial charge on any atom is -0.756 e. The van der Waals surface area contributed by atoms with Crippen molar-refractivity contribution < 1.29 is 32.9 Å². The quantitative estimate of drug-likeness (QED) is 0.132. The molecule has 3 atom stereocenters. The van der Waals surface area contributed by atoms with Gasteiger partial charge in [0.1, 0.15) is 13.2 Å². The molecule has 0 aliphatic heterocycles. The molecule has 2 N–H and O–H groups in total. The van der Waals surface area contributed by atoms with E-state index in [4.69, 9.17) is 9.05 Å². The lowest BCUT2D eigenvalue weighted by Crippen LogP contribution is -2.45. The number of unbranched alkanes of at least 4 members (excludes halogenated alkanes) is 7. The summed E-state index contributed by atoms with van der Waals surface area (Å²) in [6, 6.07) is -0.873. The van der Waals surface area contributed by atoms with Gasteiger partial charge in [-0.1, -0.05) is 64.5 Å². The molecule has 3 unspecified atom stereocenters. The van der Waals surface area contributed by atoms with Crippen LogP contribution in [-0.4, -0.2) is 68.5 Å². The smallest absolute Gasteiger partial charge is 0.268 e. The van der Waals surface area contributed by atoms with Gasteiger partial charge in [-0.15, -0.1) is 0 Å². The van der Waals surface area contributed by atoms with Crippen molar-refractivity contribution in [3.63, 3.8) is 0 Å². The molecule has 0 fully saturated rings. The summed E-state index contributed by atoms with van der Waals surface area (Å²) < 4.78 is 22.3. The zero-order chi connectivity index (χ0) is 23.8. The Morgan fingerprint density at radius 2 is 1.71 bits per heavy atom. The number of aliphatic hydroxyl groups is 1. The highest BCUT2D eigenvalue weighted by Gasteiger charge is 2.22. The Balaban J connectivity index is 4.49. The number of nitrogens with zero attached hydrogens (tertiary/aromatic N) is 1. The average molecular weight is 465 g/mol. The third-order valence-electron chi connectivity index (χ3n) is 4.81. The maximum absolute atomic E-state index is 12.0. The summed E-state index contributed by atoms with van der Waals surface area (Å²) >= 11 is 0. The summed E-state index contributed by atoms with van der Waals surface area (Å²) in [5.74, 6) is -0.292. The topological polar surface area (TPSA) is 108 Å². The van der Waals surface area contributed by atoms with E-state index in [0.29, 0.717) is 11.0 Å². The van der Waals surface area contributed by atoms with Crippen molar-refractivity contribution in [1.82, 2.24) is 5.32 Å². The average Bonchev–Trinajstić information content (AvgIpc) is 2.68. The molecule has 0 aliphatic rings. The fourth-order valence-corrected chi connectivity index (χ4v) is 3.48. The molecule has 31 heavy (non-hydrogen) atoms. The Morgan fingerprint density at radius 3 is 2.29 bits per heavy atom. The third kappa shape index (κ3) is 18.5. The zero-order valence-corrected chi connectivity index (χ0v) is 21.1. The van der Waals surface area contributed by atoms with Gasteiger partial charge in [-0.25, -0.2) is 0 Å². The van der Waals surface area contributed by atoms with Crippen molar-refractivity contribution in [2.45, 2.75) is 83.8 Å². The first-order valence-electron chi connectivity index (χ1n) is 11.6. The number of aliphatic hydroxyl groups excluding tert-OH is 1. The fraction of sp³-hybridized carbons (Fsp3) is 0.864. The first kappa shape index (κ1) is 30.2. The maximum atomic E-state index is 12.0. The van der Waals surface area contributed by atoms with Gasteiger partial charge in [0.05, 0.1) is 39.9 Å². The predicted molar refractivity (Wildman–Crippen MR) is 122 cm³/mol. The van der Waals surface area contributed by atoms with E-state index in [-0.39, 0.29) is 25.5 Å². The van der Waals surface area contributed by atoms with Crippen molar-refractivity contribution in [2.24, 2.45) is 0 Å². The van der Waals surface area contributed by atoms with E-state index in [0.717, 1.165) is 19.3 Å². The van der Waals surface area contributed by atoms with E-state index in [9.17, 15) is 19.4 Å². The molecule has 0 saturated carbocycles. The Bertz CT molecular complexity index is 551. The van der Waals surface area contributed by atoms with Gasteiger partial charge in [0, 0.05) is 6.42 Å². The van der Waals surface area contributed by atoms with Crippen LogP contribution >= 0.6 is 7.82 Å². The molecule has 184 valence electrons. The highest BCUT2D eigenvalue weighted by molar-refractivity contribution is 7.45.